The minimum atomic E-state index is -1.39. The number of rotatable bonds is 3. The summed E-state index contributed by atoms with van der Waals surface area (Å²) in [6.07, 6.45) is 0.396. The summed E-state index contributed by atoms with van der Waals surface area (Å²) in [6, 6.07) is 1.81. The van der Waals surface area contributed by atoms with Crippen LogP contribution in [0.3, 0.4) is 0 Å². The Hall–Kier alpha value is -0.160. The van der Waals surface area contributed by atoms with Gasteiger partial charge in [0.25, 0.3) is 0 Å². The number of ether oxygens (including phenoxy) is 1. The molecule has 0 saturated carbocycles. The lowest BCUT2D eigenvalue weighted by atomic mass is 9.97. The maximum Gasteiger partial charge on any atom is 0.145 e. The SMILES string of the molecule is CC(F)(CC1COCCN1)c1sccc1Cl. The third kappa shape index (κ3) is 2.74. The van der Waals surface area contributed by atoms with Crippen molar-refractivity contribution >= 4 is 22.9 Å². The molecule has 16 heavy (non-hydrogen) atoms. The number of thiophene rings is 1. The molecule has 90 valence electrons. The Labute approximate surface area is 104 Å². The van der Waals surface area contributed by atoms with E-state index >= 15 is 0 Å². The van der Waals surface area contributed by atoms with Crippen LogP contribution < -0.4 is 5.32 Å². The smallest absolute Gasteiger partial charge is 0.145 e. The Bertz CT molecular complexity index is 350. The van der Waals surface area contributed by atoms with Gasteiger partial charge in [-0.05, 0) is 18.4 Å². The van der Waals surface area contributed by atoms with Crippen molar-refractivity contribution in [2.45, 2.75) is 25.1 Å². The van der Waals surface area contributed by atoms with Crippen LogP contribution in [0.15, 0.2) is 11.4 Å². The van der Waals surface area contributed by atoms with E-state index in [0.717, 1.165) is 6.54 Å². The molecule has 2 unspecified atom stereocenters. The van der Waals surface area contributed by atoms with Crippen molar-refractivity contribution < 1.29 is 9.13 Å². The van der Waals surface area contributed by atoms with Crippen molar-refractivity contribution in [2.24, 2.45) is 0 Å². The first-order valence-electron chi connectivity index (χ1n) is 5.33. The molecule has 0 aliphatic carbocycles. The van der Waals surface area contributed by atoms with Gasteiger partial charge in [0.05, 0.1) is 23.1 Å². The number of halogens is 2. The lowest BCUT2D eigenvalue weighted by Gasteiger charge is -2.29. The highest BCUT2D eigenvalue weighted by Gasteiger charge is 2.33. The molecule has 0 bridgehead atoms. The Morgan fingerprint density at radius 3 is 3.12 bits per heavy atom. The zero-order valence-electron chi connectivity index (χ0n) is 9.13. The highest BCUT2D eigenvalue weighted by atomic mass is 35.5. The fourth-order valence-corrected chi connectivity index (χ4v) is 3.29. The summed E-state index contributed by atoms with van der Waals surface area (Å²) >= 11 is 7.33. The van der Waals surface area contributed by atoms with Gasteiger partial charge in [-0.1, -0.05) is 11.6 Å². The summed E-state index contributed by atoms with van der Waals surface area (Å²) < 4.78 is 19.8. The van der Waals surface area contributed by atoms with Crippen molar-refractivity contribution in [2.75, 3.05) is 19.8 Å². The van der Waals surface area contributed by atoms with Crippen molar-refractivity contribution in [1.82, 2.24) is 5.32 Å². The summed E-state index contributed by atoms with van der Waals surface area (Å²) in [5.74, 6) is 0. The van der Waals surface area contributed by atoms with E-state index < -0.39 is 5.67 Å². The average molecular weight is 264 g/mol. The monoisotopic (exact) mass is 263 g/mol. The normalized spacial score (nSPS) is 25.3. The molecule has 1 fully saturated rings. The Morgan fingerprint density at radius 2 is 2.56 bits per heavy atom. The van der Waals surface area contributed by atoms with Crippen LogP contribution in [-0.2, 0) is 10.4 Å². The minimum Gasteiger partial charge on any atom is -0.379 e. The Morgan fingerprint density at radius 1 is 1.75 bits per heavy atom. The van der Waals surface area contributed by atoms with Gasteiger partial charge < -0.3 is 10.1 Å². The predicted octanol–water partition coefficient (Wildman–Crippen LogP) is 2.96. The first-order valence-corrected chi connectivity index (χ1v) is 6.59. The van der Waals surface area contributed by atoms with E-state index in [0.29, 0.717) is 29.5 Å². The first-order chi connectivity index (χ1) is 7.59. The standard InChI is InChI=1S/C11H15ClFNOS/c1-11(13,10-9(12)2-5-16-10)6-8-7-15-4-3-14-8/h2,5,8,14H,3-4,6-7H2,1H3. The molecule has 5 heteroatoms. The number of nitrogens with one attached hydrogen (secondary N) is 1. The second-order valence-electron chi connectivity index (χ2n) is 4.23. The third-order valence-corrected chi connectivity index (χ3v) is 4.30. The third-order valence-electron chi connectivity index (χ3n) is 2.72. The molecule has 1 N–H and O–H groups in total. The fourth-order valence-electron chi connectivity index (χ4n) is 1.97. The van der Waals surface area contributed by atoms with Gasteiger partial charge in [0.2, 0.25) is 0 Å². The molecule has 1 aromatic rings. The van der Waals surface area contributed by atoms with Crippen molar-refractivity contribution in [3.8, 4) is 0 Å². The van der Waals surface area contributed by atoms with Crippen molar-refractivity contribution in [3.05, 3.63) is 21.3 Å². The van der Waals surface area contributed by atoms with Crippen LogP contribution in [0.2, 0.25) is 5.02 Å². The molecule has 1 saturated heterocycles. The van der Waals surface area contributed by atoms with E-state index in [2.05, 4.69) is 5.32 Å². The highest BCUT2D eigenvalue weighted by molar-refractivity contribution is 7.10. The van der Waals surface area contributed by atoms with Crippen LogP contribution in [-0.4, -0.2) is 25.8 Å². The first kappa shape index (κ1) is 12.3. The zero-order valence-corrected chi connectivity index (χ0v) is 10.7. The van der Waals surface area contributed by atoms with Crippen LogP contribution in [0.4, 0.5) is 4.39 Å². The van der Waals surface area contributed by atoms with Gasteiger partial charge >= 0.3 is 0 Å². The average Bonchev–Trinajstić information content (AvgIpc) is 2.66. The van der Waals surface area contributed by atoms with Gasteiger partial charge in [0.1, 0.15) is 5.67 Å². The number of hydrogen-bond acceptors (Lipinski definition) is 3. The number of hydrogen-bond donors (Lipinski definition) is 1. The summed E-state index contributed by atoms with van der Waals surface area (Å²) in [4.78, 5) is 0.613. The number of morpholine rings is 1. The Balaban J connectivity index is 2.04. The summed E-state index contributed by atoms with van der Waals surface area (Å²) in [5, 5.41) is 5.59. The number of alkyl halides is 1. The molecule has 0 radical (unpaired) electrons. The maximum atomic E-state index is 14.5. The molecular weight excluding hydrogens is 249 g/mol. The van der Waals surface area contributed by atoms with Gasteiger partial charge in [0.15, 0.2) is 0 Å². The summed E-state index contributed by atoms with van der Waals surface area (Å²) in [7, 11) is 0. The lowest BCUT2D eigenvalue weighted by Crippen LogP contribution is -2.44. The molecule has 0 amide bonds. The second kappa shape index (κ2) is 5.00. The fraction of sp³-hybridized carbons (Fsp3) is 0.636. The largest absolute Gasteiger partial charge is 0.379 e. The molecular formula is C11H15ClFNOS. The molecule has 2 heterocycles. The molecule has 1 aliphatic rings. The van der Waals surface area contributed by atoms with Crippen LogP contribution in [0.25, 0.3) is 0 Å². The second-order valence-corrected chi connectivity index (χ2v) is 5.55. The van der Waals surface area contributed by atoms with Gasteiger partial charge in [-0.15, -0.1) is 11.3 Å². The minimum absolute atomic E-state index is 0.0712. The maximum absolute atomic E-state index is 14.5. The molecule has 1 aliphatic heterocycles. The van der Waals surface area contributed by atoms with Crippen LogP contribution in [0.5, 0.6) is 0 Å². The summed E-state index contributed by atoms with van der Waals surface area (Å²) in [6.45, 7) is 3.65. The molecule has 2 nitrogen and oxygen atoms in total. The van der Waals surface area contributed by atoms with Crippen LogP contribution in [0.1, 0.15) is 18.2 Å². The van der Waals surface area contributed by atoms with Crippen LogP contribution in [0, 0.1) is 0 Å². The van der Waals surface area contributed by atoms with Gasteiger partial charge in [-0.2, -0.15) is 0 Å². The van der Waals surface area contributed by atoms with E-state index in [-0.39, 0.29) is 6.04 Å². The van der Waals surface area contributed by atoms with Gasteiger partial charge in [-0.25, -0.2) is 4.39 Å². The Kier molecular flexibility index (Phi) is 3.85. The van der Waals surface area contributed by atoms with Crippen molar-refractivity contribution in [3.63, 3.8) is 0 Å². The highest BCUT2D eigenvalue weighted by Crippen LogP contribution is 2.39. The van der Waals surface area contributed by atoms with Crippen molar-refractivity contribution in [1.29, 1.82) is 0 Å². The van der Waals surface area contributed by atoms with E-state index in [4.69, 9.17) is 16.3 Å². The lowest BCUT2D eigenvalue weighted by molar-refractivity contribution is 0.0484. The molecule has 0 aromatic carbocycles. The molecule has 0 spiro atoms. The zero-order chi connectivity index (χ0) is 11.6. The molecule has 2 atom stereocenters. The van der Waals surface area contributed by atoms with E-state index in [1.54, 1.807) is 13.0 Å². The quantitative estimate of drug-likeness (QED) is 0.905. The van der Waals surface area contributed by atoms with E-state index in [9.17, 15) is 4.39 Å². The van der Waals surface area contributed by atoms with Crippen LogP contribution >= 0.6 is 22.9 Å². The topological polar surface area (TPSA) is 21.3 Å². The van der Waals surface area contributed by atoms with Gasteiger partial charge in [0, 0.05) is 19.0 Å². The molecule has 2 rings (SSSR count). The van der Waals surface area contributed by atoms with Gasteiger partial charge in [-0.3, -0.25) is 0 Å². The molecule has 1 aromatic heterocycles. The predicted molar refractivity (Wildman–Crippen MR) is 65.0 cm³/mol. The van der Waals surface area contributed by atoms with E-state index in [1.165, 1.54) is 11.3 Å². The summed E-state index contributed by atoms with van der Waals surface area (Å²) in [5.41, 5.74) is -1.39. The van der Waals surface area contributed by atoms with E-state index in [1.807, 2.05) is 5.38 Å².